The van der Waals surface area contributed by atoms with E-state index in [2.05, 4.69) is 0 Å². The molecule has 2 amide bonds. The molecule has 1 aromatic rings. The van der Waals surface area contributed by atoms with Crippen LogP contribution in [-0.2, 0) is 9.59 Å². The van der Waals surface area contributed by atoms with Gasteiger partial charge in [0.2, 0.25) is 11.8 Å². The summed E-state index contributed by atoms with van der Waals surface area (Å²) in [5.41, 5.74) is 2.13. The quantitative estimate of drug-likeness (QED) is 0.763. The summed E-state index contributed by atoms with van der Waals surface area (Å²) in [5.74, 6) is 0.659. The monoisotopic (exact) mass is 247 g/mol. The third kappa shape index (κ3) is 2.53. The van der Waals surface area contributed by atoms with Gasteiger partial charge in [-0.3, -0.25) is 14.5 Å². The van der Waals surface area contributed by atoms with Gasteiger partial charge in [-0.15, -0.1) is 0 Å². The number of rotatable bonds is 4. The molecule has 1 aliphatic rings. The summed E-state index contributed by atoms with van der Waals surface area (Å²) < 4.78 is 5.68. The summed E-state index contributed by atoms with van der Waals surface area (Å²) in [7, 11) is 0. The second-order valence-corrected chi connectivity index (χ2v) is 4.51. The molecule has 96 valence electrons. The predicted molar refractivity (Wildman–Crippen MR) is 67.4 cm³/mol. The number of ether oxygens (including phenoxy) is 1. The fraction of sp³-hybridized carbons (Fsp3) is 0.429. The Morgan fingerprint density at radius 1 is 1.11 bits per heavy atom. The molecule has 0 N–H and O–H groups in total. The van der Waals surface area contributed by atoms with Crippen LogP contribution in [0.3, 0.4) is 0 Å². The van der Waals surface area contributed by atoms with E-state index in [1.807, 2.05) is 32.0 Å². The number of carbonyl (C=O) groups is 2. The van der Waals surface area contributed by atoms with Gasteiger partial charge < -0.3 is 4.74 Å². The first-order valence-corrected chi connectivity index (χ1v) is 6.12. The molecule has 0 aliphatic carbocycles. The van der Waals surface area contributed by atoms with E-state index in [9.17, 15) is 9.59 Å². The maximum Gasteiger partial charge on any atom is 0.229 e. The minimum Gasteiger partial charge on any atom is -0.491 e. The molecule has 18 heavy (non-hydrogen) atoms. The number of imide groups is 1. The Hall–Kier alpha value is -1.84. The summed E-state index contributed by atoms with van der Waals surface area (Å²) >= 11 is 0. The molecule has 0 radical (unpaired) electrons. The van der Waals surface area contributed by atoms with Gasteiger partial charge in [0, 0.05) is 12.8 Å². The second kappa shape index (κ2) is 5.21. The number of benzene rings is 1. The summed E-state index contributed by atoms with van der Waals surface area (Å²) in [6.07, 6.45) is 0.671. The molecule has 4 heteroatoms. The zero-order chi connectivity index (χ0) is 13.1. The van der Waals surface area contributed by atoms with Crippen molar-refractivity contribution in [2.75, 3.05) is 13.2 Å². The van der Waals surface area contributed by atoms with E-state index in [0.717, 1.165) is 16.9 Å². The highest BCUT2D eigenvalue weighted by molar-refractivity contribution is 6.01. The zero-order valence-electron chi connectivity index (χ0n) is 10.7. The van der Waals surface area contributed by atoms with Crippen LogP contribution in [0.15, 0.2) is 18.2 Å². The van der Waals surface area contributed by atoms with Gasteiger partial charge in [0.05, 0.1) is 6.54 Å². The molecule has 0 atom stereocenters. The van der Waals surface area contributed by atoms with Crippen LogP contribution in [0.5, 0.6) is 5.75 Å². The van der Waals surface area contributed by atoms with Crippen LogP contribution in [0.1, 0.15) is 24.0 Å². The van der Waals surface area contributed by atoms with Crippen LogP contribution in [0, 0.1) is 13.8 Å². The Morgan fingerprint density at radius 3 is 2.22 bits per heavy atom. The Balaban J connectivity index is 1.93. The lowest BCUT2D eigenvalue weighted by Crippen LogP contribution is -2.33. The highest BCUT2D eigenvalue weighted by Gasteiger charge is 2.28. The molecule has 0 aromatic heterocycles. The Bertz CT molecular complexity index is 446. The van der Waals surface area contributed by atoms with Gasteiger partial charge in [-0.25, -0.2) is 0 Å². The smallest absolute Gasteiger partial charge is 0.229 e. The summed E-state index contributed by atoms with van der Waals surface area (Å²) in [4.78, 5) is 24.1. The van der Waals surface area contributed by atoms with Gasteiger partial charge >= 0.3 is 0 Å². The number of carbonyl (C=O) groups excluding carboxylic acids is 2. The average Bonchev–Trinajstić information content (AvgIpc) is 2.64. The number of para-hydroxylation sites is 1. The van der Waals surface area contributed by atoms with E-state index in [4.69, 9.17) is 4.74 Å². The number of nitrogens with zero attached hydrogens (tertiary/aromatic N) is 1. The SMILES string of the molecule is Cc1cccc(C)c1OCCN1C(=O)CCC1=O. The largest absolute Gasteiger partial charge is 0.491 e. The minimum absolute atomic E-state index is 0.0925. The molecule has 1 saturated heterocycles. The van der Waals surface area contributed by atoms with E-state index in [0.29, 0.717) is 26.0 Å². The van der Waals surface area contributed by atoms with E-state index >= 15 is 0 Å². The lowest BCUT2D eigenvalue weighted by atomic mass is 10.1. The van der Waals surface area contributed by atoms with Crippen molar-refractivity contribution in [2.45, 2.75) is 26.7 Å². The van der Waals surface area contributed by atoms with Crippen molar-refractivity contribution in [1.29, 1.82) is 0 Å². The molecule has 0 bridgehead atoms. The van der Waals surface area contributed by atoms with Crippen molar-refractivity contribution in [2.24, 2.45) is 0 Å². The van der Waals surface area contributed by atoms with Crippen molar-refractivity contribution in [3.63, 3.8) is 0 Å². The van der Waals surface area contributed by atoms with Crippen LogP contribution in [0.2, 0.25) is 0 Å². The molecule has 1 heterocycles. The van der Waals surface area contributed by atoms with Crippen molar-refractivity contribution in [3.05, 3.63) is 29.3 Å². The number of hydrogen-bond donors (Lipinski definition) is 0. The van der Waals surface area contributed by atoms with Gasteiger partial charge in [0.15, 0.2) is 0 Å². The van der Waals surface area contributed by atoms with E-state index in [1.54, 1.807) is 0 Å². The molecular formula is C14H17NO3. The summed E-state index contributed by atoms with van der Waals surface area (Å²) in [6.45, 7) is 4.65. The number of likely N-dealkylation sites (tertiary alicyclic amines) is 1. The van der Waals surface area contributed by atoms with Crippen molar-refractivity contribution in [1.82, 2.24) is 4.90 Å². The first-order valence-electron chi connectivity index (χ1n) is 6.12. The van der Waals surface area contributed by atoms with Gasteiger partial charge in [-0.1, -0.05) is 18.2 Å². The molecule has 1 aromatic carbocycles. The van der Waals surface area contributed by atoms with Crippen LogP contribution < -0.4 is 4.74 Å². The normalized spacial score (nSPS) is 15.3. The Kier molecular flexibility index (Phi) is 3.65. The molecule has 1 fully saturated rings. The topological polar surface area (TPSA) is 46.6 Å². The first-order chi connectivity index (χ1) is 8.59. The Morgan fingerprint density at radius 2 is 1.67 bits per heavy atom. The molecular weight excluding hydrogens is 230 g/mol. The standard InChI is InChI=1S/C14H17NO3/c1-10-4-3-5-11(2)14(10)18-9-8-15-12(16)6-7-13(15)17/h3-5H,6-9H2,1-2H3. The molecule has 0 unspecified atom stereocenters. The van der Waals surface area contributed by atoms with Gasteiger partial charge in [-0.05, 0) is 25.0 Å². The highest BCUT2D eigenvalue weighted by Crippen LogP contribution is 2.22. The highest BCUT2D eigenvalue weighted by atomic mass is 16.5. The molecule has 4 nitrogen and oxygen atoms in total. The van der Waals surface area contributed by atoms with Gasteiger partial charge in [-0.2, -0.15) is 0 Å². The fourth-order valence-corrected chi connectivity index (χ4v) is 2.14. The van der Waals surface area contributed by atoms with Crippen LogP contribution in [-0.4, -0.2) is 29.9 Å². The van der Waals surface area contributed by atoms with Crippen molar-refractivity contribution >= 4 is 11.8 Å². The van der Waals surface area contributed by atoms with Crippen LogP contribution in [0.4, 0.5) is 0 Å². The molecule has 0 saturated carbocycles. The van der Waals surface area contributed by atoms with E-state index in [-0.39, 0.29) is 11.8 Å². The Labute approximate surface area is 107 Å². The molecule has 0 spiro atoms. The molecule has 1 aliphatic heterocycles. The summed E-state index contributed by atoms with van der Waals surface area (Å²) in [5, 5.41) is 0. The van der Waals surface area contributed by atoms with Crippen LogP contribution in [0.25, 0.3) is 0 Å². The minimum atomic E-state index is -0.0925. The van der Waals surface area contributed by atoms with Crippen molar-refractivity contribution < 1.29 is 14.3 Å². The summed E-state index contributed by atoms with van der Waals surface area (Å²) in [6, 6.07) is 5.94. The maximum absolute atomic E-state index is 11.4. The number of hydrogen-bond acceptors (Lipinski definition) is 3. The maximum atomic E-state index is 11.4. The van der Waals surface area contributed by atoms with Gasteiger partial charge in [0.25, 0.3) is 0 Å². The molecule has 2 rings (SSSR count). The van der Waals surface area contributed by atoms with E-state index < -0.39 is 0 Å². The van der Waals surface area contributed by atoms with Crippen molar-refractivity contribution in [3.8, 4) is 5.75 Å². The third-order valence-electron chi connectivity index (χ3n) is 3.12. The first kappa shape index (κ1) is 12.6. The third-order valence-corrected chi connectivity index (χ3v) is 3.12. The second-order valence-electron chi connectivity index (χ2n) is 4.51. The van der Waals surface area contributed by atoms with Gasteiger partial charge in [0.1, 0.15) is 12.4 Å². The number of amides is 2. The van der Waals surface area contributed by atoms with E-state index in [1.165, 1.54) is 4.90 Å². The van der Waals surface area contributed by atoms with Crippen LogP contribution >= 0.6 is 0 Å². The fourth-order valence-electron chi connectivity index (χ4n) is 2.14. The zero-order valence-corrected chi connectivity index (χ0v) is 10.7. The predicted octanol–water partition coefficient (Wildman–Crippen LogP) is 1.83. The lowest BCUT2D eigenvalue weighted by molar-refractivity contribution is -0.138. The average molecular weight is 247 g/mol. The number of aryl methyl sites for hydroxylation is 2. The lowest BCUT2D eigenvalue weighted by Gasteiger charge is -2.16.